The predicted octanol–water partition coefficient (Wildman–Crippen LogP) is 4.44. The van der Waals surface area contributed by atoms with Gasteiger partial charge in [-0.2, -0.15) is 0 Å². The van der Waals surface area contributed by atoms with Gasteiger partial charge in [-0.1, -0.05) is 36.4 Å². The first-order valence-electron chi connectivity index (χ1n) is 8.01. The molecule has 0 atom stereocenters. The van der Waals surface area contributed by atoms with Crippen LogP contribution in [0.1, 0.15) is 21.0 Å². The third kappa shape index (κ3) is 5.26. The number of aromatic carboxylic acids is 2. The van der Waals surface area contributed by atoms with Gasteiger partial charge in [-0.25, -0.2) is 19.6 Å². The Morgan fingerprint density at radius 1 is 0.655 bits per heavy atom. The zero-order chi connectivity index (χ0) is 20.3. The molecule has 0 aliphatic heterocycles. The number of hydrogen-bond acceptors (Lipinski definition) is 6. The average Bonchev–Trinajstić information content (AvgIpc) is 2.68. The Morgan fingerprint density at radius 2 is 1.03 bits per heavy atom. The number of carboxylic acids is 2. The number of nitrogens with zero attached hydrogens (tertiary/aromatic N) is 2. The smallest absolute Gasteiger partial charge is 0.354 e. The van der Waals surface area contributed by atoms with Gasteiger partial charge in [0.25, 0.3) is 0 Å². The Kier molecular flexibility index (Phi) is 7.62. The maximum atomic E-state index is 10.7. The zero-order valence-electron chi connectivity index (χ0n) is 14.6. The summed E-state index contributed by atoms with van der Waals surface area (Å²) in [6, 6.07) is 17.4. The molecule has 0 amide bonds. The molecule has 4 rings (SSSR count). The monoisotopic (exact) mass is 468 g/mol. The van der Waals surface area contributed by atoms with Crippen LogP contribution in [0.4, 0.5) is 0 Å². The van der Waals surface area contributed by atoms with E-state index in [1.54, 1.807) is 24.3 Å². The molecule has 0 saturated carbocycles. The number of thiol groups is 2. The Hall–Kier alpha value is -2.61. The predicted molar refractivity (Wildman–Crippen MR) is 112 cm³/mol. The number of pyridine rings is 2. The van der Waals surface area contributed by atoms with Crippen molar-refractivity contribution in [1.29, 1.82) is 0 Å². The van der Waals surface area contributed by atoms with E-state index in [1.807, 2.05) is 24.3 Å². The van der Waals surface area contributed by atoms with Gasteiger partial charge in [-0.05, 0) is 24.3 Å². The Labute approximate surface area is 186 Å². The summed E-state index contributed by atoms with van der Waals surface area (Å²) in [5.74, 6) is -2.05. The number of hydrogen-bond donors (Lipinski definition) is 4. The molecule has 9 heteroatoms. The second kappa shape index (κ2) is 9.74. The van der Waals surface area contributed by atoms with Crippen molar-refractivity contribution in [1.82, 2.24) is 9.97 Å². The van der Waals surface area contributed by atoms with Gasteiger partial charge in [0, 0.05) is 37.1 Å². The van der Waals surface area contributed by atoms with Crippen molar-refractivity contribution in [2.24, 2.45) is 0 Å². The number of carbonyl (C=O) groups is 2. The minimum absolute atomic E-state index is 0. The molecule has 0 fully saturated rings. The summed E-state index contributed by atoms with van der Waals surface area (Å²) in [6.45, 7) is 0. The quantitative estimate of drug-likeness (QED) is 0.256. The first kappa shape index (κ1) is 22.7. The summed E-state index contributed by atoms with van der Waals surface area (Å²) >= 11 is 8.42. The molecule has 6 nitrogen and oxygen atoms in total. The van der Waals surface area contributed by atoms with Gasteiger partial charge < -0.3 is 10.2 Å². The number of aromatic nitrogens is 2. The third-order valence-corrected chi connectivity index (χ3v) is 4.56. The zero-order valence-corrected chi connectivity index (χ0v) is 17.4. The Bertz CT molecular complexity index is 1120. The van der Waals surface area contributed by atoms with E-state index in [4.69, 9.17) is 10.2 Å². The van der Waals surface area contributed by atoms with Crippen molar-refractivity contribution in [2.75, 3.05) is 0 Å². The van der Waals surface area contributed by atoms with Crippen LogP contribution in [0.5, 0.6) is 0 Å². The van der Waals surface area contributed by atoms with Crippen LogP contribution in [-0.4, -0.2) is 32.1 Å². The van der Waals surface area contributed by atoms with Crippen LogP contribution in [0.2, 0.25) is 0 Å². The number of rotatable bonds is 2. The van der Waals surface area contributed by atoms with E-state index in [-0.39, 0.29) is 27.9 Å². The van der Waals surface area contributed by atoms with Gasteiger partial charge in [-0.3, -0.25) is 0 Å². The van der Waals surface area contributed by atoms with Crippen LogP contribution >= 0.6 is 25.3 Å². The summed E-state index contributed by atoms with van der Waals surface area (Å²) in [5.41, 5.74) is 1.32. The van der Waals surface area contributed by atoms with Gasteiger partial charge in [0.1, 0.15) is 11.4 Å². The first-order valence-corrected chi connectivity index (χ1v) is 8.90. The average molecular weight is 469 g/mol. The van der Waals surface area contributed by atoms with Crippen LogP contribution in [0.15, 0.2) is 70.5 Å². The maximum absolute atomic E-state index is 10.7. The van der Waals surface area contributed by atoms with Crippen LogP contribution in [0.25, 0.3) is 21.8 Å². The molecule has 0 bridgehead atoms. The Morgan fingerprint density at radius 3 is 1.38 bits per heavy atom. The standard InChI is InChI=1S/2C10H7NO2S.Ni/c2*12-10(13)7-5-4-6-2-1-3-8(14)9(6)11-7;/h2*1-5,14H,(H,12,13);. The minimum atomic E-state index is -1.02. The van der Waals surface area contributed by atoms with Gasteiger partial charge in [-0.15, -0.1) is 25.3 Å². The van der Waals surface area contributed by atoms with Crippen LogP contribution in [0, 0.1) is 0 Å². The normalized spacial score (nSPS) is 10.0. The maximum Gasteiger partial charge on any atom is 0.354 e. The van der Waals surface area contributed by atoms with Crippen molar-refractivity contribution in [2.45, 2.75) is 9.79 Å². The molecule has 2 N–H and O–H groups in total. The molecule has 0 aliphatic carbocycles. The van der Waals surface area contributed by atoms with E-state index in [2.05, 4.69) is 35.2 Å². The van der Waals surface area contributed by atoms with Gasteiger partial charge in [0.05, 0.1) is 11.0 Å². The van der Waals surface area contributed by atoms with Crippen LogP contribution in [-0.2, 0) is 16.5 Å². The van der Waals surface area contributed by atoms with Gasteiger partial charge in [0.15, 0.2) is 0 Å². The largest absolute Gasteiger partial charge is 0.477 e. The molecule has 0 unspecified atom stereocenters. The van der Waals surface area contributed by atoms with E-state index in [0.29, 0.717) is 20.8 Å². The second-order valence-electron chi connectivity index (χ2n) is 5.70. The summed E-state index contributed by atoms with van der Waals surface area (Å²) in [6.07, 6.45) is 0. The summed E-state index contributed by atoms with van der Waals surface area (Å²) in [7, 11) is 0. The van der Waals surface area contributed by atoms with E-state index in [9.17, 15) is 9.59 Å². The van der Waals surface area contributed by atoms with Crippen molar-refractivity contribution in [3.8, 4) is 0 Å². The fourth-order valence-corrected chi connectivity index (χ4v) is 3.03. The molecule has 29 heavy (non-hydrogen) atoms. The first-order chi connectivity index (χ1) is 13.4. The number of fused-ring (bicyclic) bond motifs is 2. The molecule has 0 aliphatic rings. The third-order valence-electron chi connectivity index (χ3n) is 3.84. The molecule has 0 saturated heterocycles. The Balaban J connectivity index is 0.000000200. The molecule has 2 aromatic carbocycles. The van der Waals surface area contributed by atoms with Gasteiger partial charge >= 0.3 is 11.9 Å². The van der Waals surface area contributed by atoms with Crippen molar-refractivity contribution < 1.29 is 36.3 Å². The molecule has 0 spiro atoms. The number of carboxylic acid groups (broad SMARTS) is 2. The van der Waals surface area contributed by atoms with E-state index in [0.717, 1.165) is 10.8 Å². The van der Waals surface area contributed by atoms with Crippen molar-refractivity contribution in [3.05, 3.63) is 72.1 Å². The summed E-state index contributed by atoms with van der Waals surface area (Å²) in [5, 5.41) is 19.3. The van der Waals surface area contributed by atoms with Crippen molar-refractivity contribution in [3.63, 3.8) is 0 Å². The fourth-order valence-electron chi connectivity index (χ4n) is 2.50. The van der Waals surface area contributed by atoms with E-state index < -0.39 is 11.9 Å². The molecular weight excluding hydrogens is 455 g/mol. The van der Waals surface area contributed by atoms with E-state index >= 15 is 0 Å². The second-order valence-corrected chi connectivity index (χ2v) is 6.66. The number of benzene rings is 2. The molecular formula is C20H14N2NiO4S2. The molecule has 0 radical (unpaired) electrons. The molecule has 150 valence electrons. The summed E-state index contributed by atoms with van der Waals surface area (Å²) in [4.78, 5) is 30.7. The van der Waals surface area contributed by atoms with Gasteiger partial charge in [0.2, 0.25) is 0 Å². The minimum Gasteiger partial charge on any atom is -0.477 e. The van der Waals surface area contributed by atoms with Crippen LogP contribution < -0.4 is 0 Å². The molecule has 2 heterocycles. The summed E-state index contributed by atoms with van der Waals surface area (Å²) < 4.78 is 0. The molecule has 2 aromatic heterocycles. The fraction of sp³-hybridized carbons (Fsp3) is 0. The molecule has 4 aromatic rings. The number of para-hydroxylation sites is 2. The topological polar surface area (TPSA) is 100 Å². The van der Waals surface area contributed by atoms with Crippen molar-refractivity contribution >= 4 is 59.0 Å². The van der Waals surface area contributed by atoms with E-state index in [1.165, 1.54) is 12.1 Å². The SMILES string of the molecule is O=C(O)c1ccc2cccc(S)c2n1.O=C(O)c1ccc2cccc(S)c2n1.[Ni]. The van der Waals surface area contributed by atoms with Crippen LogP contribution in [0.3, 0.4) is 0 Å².